The number of rotatable bonds is 6. The number of amides is 2. The number of carbonyl (C=O) groups is 2. The molecule has 1 N–H and O–H groups in total. The van der Waals surface area contributed by atoms with E-state index < -0.39 is 0 Å². The number of fused-ring (bicyclic) bond motifs is 1. The van der Waals surface area contributed by atoms with E-state index in [0.717, 1.165) is 44.5 Å². The Morgan fingerprint density at radius 1 is 0.968 bits per heavy atom. The minimum absolute atomic E-state index is 0.000704. The zero-order valence-corrected chi connectivity index (χ0v) is 19.1. The minimum Gasteiger partial charge on any atom is -0.497 e. The van der Waals surface area contributed by atoms with Gasteiger partial charge in [-0.3, -0.25) is 9.59 Å². The van der Waals surface area contributed by atoms with Gasteiger partial charge in [-0.2, -0.15) is 0 Å². The first kappa shape index (κ1) is 22.3. The number of aryl methyl sites for hydroxylation is 3. The van der Waals surface area contributed by atoms with Gasteiger partial charge in [0, 0.05) is 12.7 Å². The van der Waals surface area contributed by atoms with Gasteiger partial charge in [-0.25, -0.2) is 0 Å². The Morgan fingerprint density at radius 2 is 1.58 bits per heavy atom. The molecule has 2 amide bonds. The summed E-state index contributed by atoms with van der Waals surface area (Å²) in [5.41, 5.74) is 4.92. The second-order valence-electron chi connectivity index (χ2n) is 8.21. The molecule has 0 saturated carbocycles. The van der Waals surface area contributed by atoms with Crippen LogP contribution >= 0.6 is 0 Å². The third kappa shape index (κ3) is 5.05. The van der Waals surface area contributed by atoms with Gasteiger partial charge in [-0.1, -0.05) is 42.0 Å². The Bertz CT molecular complexity index is 1110. The number of methoxy groups -OCH3 is 1. The summed E-state index contributed by atoms with van der Waals surface area (Å²) < 4.78 is 5.27. The van der Waals surface area contributed by atoms with Gasteiger partial charge in [0.05, 0.1) is 19.6 Å². The van der Waals surface area contributed by atoms with Crippen LogP contribution < -0.4 is 10.1 Å². The molecule has 5 nitrogen and oxygen atoms in total. The maximum absolute atomic E-state index is 13.0. The van der Waals surface area contributed by atoms with E-state index in [0.29, 0.717) is 0 Å². The van der Waals surface area contributed by atoms with Crippen LogP contribution in [0.25, 0.3) is 10.8 Å². The summed E-state index contributed by atoms with van der Waals surface area (Å²) in [6, 6.07) is 15.9. The lowest BCUT2D eigenvalue weighted by Gasteiger charge is -2.22. The minimum atomic E-state index is -0.354. The van der Waals surface area contributed by atoms with Crippen molar-refractivity contribution >= 4 is 28.3 Å². The maximum atomic E-state index is 13.0. The predicted octanol–water partition coefficient (Wildman–Crippen LogP) is 4.97. The zero-order chi connectivity index (χ0) is 22.7. The molecule has 0 aromatic heterocycles. The smallest absolute Gasteiger partial charge is 0.243 e. The maximum Gasteiger partial charge on any atom is 0.243 e. The van der Waals surface area contributed by atoms with Crippen LogP contribution in [0.4, 0.5) is 5.69 Å². The number of hydrogen-bond donors (Lipinski definition) is 1. The third-order valence-electron chi connectivity index (χ3n) is 5.64. The molecule has 5 heteroatoms. The molecule has 3 rings (SSSR count). The molecule has 0 heterocycles. The summed E-state index contributed by atoms with van der Waals surface area (Å²) in [5.74, 6) is 0.144. The van der Waals surface area contributed by atoms with Crippen molar-refractivity contribution in [1.29, 1.82) is 0 Å². The third-order valence-corrected chi connectivity index (χ3v) is 5.64. The van der Waals surface area contributed by atoms with Crippen molar-refractivity contribution in [2.75, 3.05) is 26.0 Å². The highest BCUT2D eigenvalue weighted by Crippen LogP contribution is 2.26. The lowest BCUT2D eigenvalue weighted by Crippen LogP contribution is -2.37. The molecule has 3 aromatic rings. The number of hydrogen-bond acceptors (Lipinski definition) is 3. The fourth-order valence-corrected chi connectivity index (χ4v) is 3.96. The van der Waals surface area contributed by atoms with Crippen LogP contribution in [-0.4, -0.2) is 37.4 Å². The summed E-state index contributed by atoms with van der Waals surface area (Å²) >= 11 is 0. The number of benzene rings is 3. The van der Waals surface area contributed by atoms with E-state index in [9.17, 15) is 9.59 Å². The largest absolute Gasteiger partial charge is 0.497 e. The standard InChI is InChI=1S/C26H30N2O3/c1-16-11-17(2)25(18(3)12-16)27-24(29)15-28(5)26(30)19(4)20-7-8-22-14-23(31-6)10-9-21(22)13-20/h7-14,19H,15H2,1-6H3,(H,27,29). The van der Waals surface area contributed by atoms with Crippen LogP contribution in [0.15, 0.2) is 48.5 Å². The van der Waals surface area contributed by atoms with Crippen LogP contribution in [0.5, 0.6) is 5.75 Å². The van der Waals surface area contributed by atoms with Crippen LogP contribution in [0, 0.1) is 20.8 Å². The number of likely N-dealkylation sites (N-methyl/N-ethyl adjacent to an activating group) is 1. The SMILES string of the molecule is COc1ccc2cc(C(C)C(=O)N(C)CC(=O)Nc3c(C)cc(C)cc3C)ccc2c1. The van der Waals surface area contributed by atoms with Crippen LogP contribution in [0.2, 0.25) is 0 Å². The Labute approximate surface area is 184 Å². The Kier molecular flexibility index (Phi) is 6.64. The monoisotopic (exact) mass is 418 g/mol. The molecule has 1 unspecified atom stereocenters. The fraction of sp³-hybridized carbons (Fsp3) is 0.308. The second kappa shape index (κ2) is 9.21. The van der Waals surface area contributed by atoms with Crippen molar-refractivity contribution in [3.63, 3.8) is 0 Å². The Hall–Kier alpha value is -3.34. The normalized spacial score (nSPS) is 11.8. The number of carbonyl (C=O) groups excluding carboxylic acids is 2. The highest BCUT2D eigenvalue weighted by atomic mass is 16.5. The molecule has 0 bridgehead atoms. The average molecular weight is 419 g/mol. The van der Waals surface area contributed by atoms with E-state index in [1.165, 1.54) is 4.90 Å². The molecular weight excluding hydrogens is 388 g/mol. The van der Waals surface area contributed by atoms with E-state index in [1.807, 2.05) is 76.2 Å². The first-order valence-electron chi connectivity index (χ1n) is 10.4. The molecule has 0 fully saturated rings. The van der Waals surface area contributed by atoms with Crippen molar-refractivity contribution in [2.45, 2.75) is 33.6 Å². The molecule has 31 heavy (non-hydrogen) atoms. The summed E-state index contributed by atoms with van der Waals surface area (Å²) in [6.45, 7) is 7.85. The van der Waals surface area contributed by atoms with Gasteiger partial charge in [0.15, 0.2) is 0 Å². The predicted molar refractivity (Wildman–Crippen MR) is 126 cm³/mol. The molecule has 0 saturated heterocycles. The van der Waals surface area contributed by atoms with Gasteiger partial charge >= 0.3 is 0 Å². The summed E-state index contributed by atoms with van der Waals surface area (Å²) in [6.07, 6.45) is 0. The fourth-order valence-electron chi connectivity index (χ4n) is 3.96. The molecule has 0 radical (unpaired) electrons. The second-order valence-corrected chi connectivity index (χ2v) is 8.21. The molecule has 0 aliphatic carbocycles. The molecule has 3 aromatic carbocycles. The zero-order valence-electron chi connectivity index (χ0n) is 19.1. The highest BCUT2D eigenvalue weighted by Gasteiger charge is 2.22. The van der Waals surface area contributed by atoms with Gasteiger partial charge in [-0.15, -0.1) is 0 Å². The molecule has 0 spiro atoms. The molecule has 0 aliphatic heterocycles. The van der Waals surface area contributed by atoms with Gasteiger partial charge < -0.3 is 15.0 Å². The number of ether oxygens (including phenoxy) is 1. The van der Waals surface area contributed by atoms with Crippen LogP contribution in [0.1, 0.15) is 35.1 Å². The van der Waals surface area contributed by atoms with E-state index in [4.69, 9.17) is 4.74 Å². The van der Waals surface area contributed by atoms with Crippen molar-refractivity contribution < 1.29 is 14.3 Å². The van der Waals surface area contributed by atoms with Crippen LogP contribution in [0.3, 0.4) is 0 Å². The van der Waals surface area contributed by atoms with E-state index in [-0.39, 0.29) is 24.3 Å². The van der Waals surface area contributed by atoms with Crippen molar-refractivity contribution in [1.82, 2.24) is 4.90 Å². The van der Waals surface area contributed by atoms with E-state index in [1.54, 1.807) is 14.2 Å². The lowest BCUT2D eigenvalue weighted by molar-refractivity contribution is -0.134. The lowest BCUT2D eigenvalue weighted by atomic mass is 9.96. The summed E-state index contributed by atoms with van der Waals surface area (Å²) in [5, 5.41) is 5.06. The Balaban J connectivity index is 1.69. The van der Waals surface area contributed by atoms with Gasteiger partial charge in [0.2, 0.25) is 11.8 Å². The van der Waals surface area contributed by atoms with Crippen molar-refractivity contribution in [3.05, 3.63) is 70.8 Å². The highest BCUT2D eigenvalue weighted by molar-refractivity contribution is 5.97. The van der Waals surface area contributed by atoms with Gasteiger partial charge in [0.1, 0.15) is 5.75 Å². The number of anilines is 1. The van der Waals surface area contributed by atoms with Crippen molar-refractivity contribution in [2.24, 2.45) is 0 Å². The summed E-state index contributed by atoms with van der Waals surface area (Å²) in [7, 11) is 3.31. The molecule has 162 valence electrons. The van der Waals surface area contributed by atoms with E-state index in [2.05, 4.69) is 5.32 Å². The molecular formula is C26H30N2O3. The van der Waals surface area contributed by atoms with E-state index >= 15 is 0 Å². The average Bonchev–Trinajstić information content (AvgIpc) is 2.74. The number of nitrogens with zero attached hydrogens (tertiary/aromatic N) is 1. The van der Waals surface area contributed by atoms with Gasteiger partial charge in [0.25, 0.3) is 0 Å². The first-order valence-corrected chi connectivity index (χ1v) is 10.4. The summed E-state index contributed by atoms with van der Waals surface area (Å²) in [4.78, 5) is 27.0. The number of nitrogens with one attached hydrogen (secondary N) is 1. The molecule has 1 atom stereocenters. The van der Waals surface area contributed by atoms with Crippen molar-refractivity contribution in [3.8, 4) is 5.75 Å². The van der Waals surface area contributed by atoms with Gasteiger partial charge in [-0.05, 0) is 67.3 Å². The van der Waals surface area contributed by atoms with Crippen LogP contribution in [-0.2, 0) is 9.59 Å². The Morgan fingerprint density at radius 3 is 2.23 bits per heavy atom. The molecule has 0 aliphatic rings. The first-order chi connectivity index (χ1) is 14.7. The quantitative estimate of drug-likeness (QED) is 0.615. The topological polar surface area (TPSA) is 58.6 Å².